The highest BCUT2D eigenvalue weighted by atomic mass is 127. The van der Waals surface area contributed by atoms with E-state index in [1.807, 2.05) is 23.7 Å². The van der Waals surface area contributed by atoms with Gasteiger partial charge in [0.25, 0.3) is 0 Å². The van der Waals surface area contributed by atoms with Gasteiger partial charge in [0.1, 0.15) is 11.3 Å². The summed E-state index contributed by atoms with van der Waals surface area (Å²) >= 11 is 2.37. The molecule has 3 aromatic rings. The number of ether oxygens (including phenoxy) is 1. The molecule has 0 bridgehead atoms. The van der Waals surface area contributed by atoms with Gasteiger partial charge in [0, 0.05) is 9.99 Å². The highest BCUT2D eigenvalue weighted by Crippen LogP contribution is 2.46. The summed E-state index contributed by atoms with van der Waals surface area (Å²) < 4.78 is 8.48. The van der Waals surface area contributed by atoms with Gasteiger partial charge in [-0.05, 0) is 89.6 Å². The SMILES string of the molecule is CCC#CC(=O)N(c1ccc2c(cnn2C2COC2)n1)c1cc(C)c(I)cc1C1CC1. The highest BCUT2D eigenvalue weighted by Gasteiger charge is 2.31. The van der Waals surface area contributed by atoms with Crippen LogP contribution in [0.4, 0.5) is 11.5 Å². The second-order valence-electron chi connectivity index (χ2n) is 8.08. The Morgan fingerprint density at radius 2 is 2.13 bits per heavy atom. The molecule has 0 unspecified atom stereocenters. The Bertz CT molecular complexity index is 1230. The van der Waals surface area contributed by atoms with Crippen molar-refractivity contribution in [2.24, 2.45) is 0 Å². The first kappa shape index (κ1) is 20.5. The molecular weight excluding hydrogens is 503 g/mol. The summed E-state index contributed by atoms with van der Waals surface area (Å²) in [4.78, 5) is 19.8. The number of fused-ring (bicyclic) bond motifs is 1. The van der Waals surface area contributed by atoms with Crippen LogP contribution < -0.4 is 4.90 Å². The summed E-state index contributed by atoms with van der Waals surface area (Å²) in [6.45, 7) is 5.35. The van der Waals surface area contributed by atoms with Crippen molar-refractivity contribution >= 4 is 51.0 Å². The van der Waals surface area contributed by atoms with E-state index in [1.165, 1.54) is 9.13 Å². The molecule has 1 aromatic carbocycles. The van der Waals surface area contributed by atoms with Gasteiger partial charge < -0.3 is 4.74 Å². The number of halogens is 1. The first-order valence-electron chi connectivity index (χ1n) is 10.6. The first-order valence-corrected chi connectivity index (χ1v) is 11.7. The summed E-state index contributed by atoms with van der Waals surface area (Å²) in [5, 5.41) is 4.51. The standard InChI is InChI=1S/C24H23IN4O2/c1-3-4-5-24(30)28(22-10-15(2)19(25)11-18(22)16-6-7-16)23-9-8-21-20(27-23)12-26-29(21)17-13-31-14-17/h8-12,16-17H,3,6-7,13-14H2,1-2H3. The van der Waals surface area contributed by atoms with E-state index in [0.717, 1.165) is 35.1 Å². The van der Waals surface area contributed by atoms with Gasteiger partial charge in [0.05, 0.1) is 36.7 Å². The number of aryl methyl sites for hydroxylation is 1. The Hall–Kier alpha value is -2.44. The third kappa shape index (κ3) is 3.83. The maximum Gasteiger partial charge on any atom is 0.308 e. The number of carbonyl (C=O) groups excluding carboxylic acids is 1. The zero-order valence-electron chi connectivity index (χ0n) is 17.6. The smallest absolute Gasteiger partial charge is 0.308 e. The lowest BCUT2D eigenvalue weighted by Crippen LogP contribution is -2.31. The van der Waals surface area contributed by atoms with Crippen LogP contribution in [0.2, 0.25) is 0 Å². The number of aromatic nitrogens is 3. The maximum atomic E-state index is 13.3. The number of nitrogens with zero attached hydrogens (tertiary/aromatic N) is 4. The average molecular weight is 526 g/mol. The number of amides is 1. The van der Waals surface area contributed by atoms with E-state index in [9.17, 15) is 4.79 Å². The minimum absolute atomic E-state index is 0.249. The van der Waals surface area contributed by atoms with Gasteiger partial charge in [0.2, 0.25) is 0 Å². The zero-order chi connectivity index (χ0) is 21.5. The summed E-state index contributed by atoms with van der Waals surface area (Å²) in [6, 6.07) is 8.45. The monoisotopic (exact) mass is 526 g/mol. The number of rotatable bonds is 4. The molecule has 7 heteroatoms. The van der Waals surface area contributed by atoms with Crippen molar-refractivity contribution in [2.45, 2.75) is 45.1 Å². The summed E-state index contributed by atoms with van der Waals surface area (Å²) in [5.41, 5.74) is 4.94. The molecule has 1 saturated carbocycles. The molecule has 0 atom stereocenters. The zero-order valence-corrected chi connectivity index (χ0v) is 19.7. The molecule has 2 aromatic heterocycles. The van der Waals surface area contributed by atoms with Crippen molar-refractivity contribution in [1.29, 1.82) is 0 Å². The predicted octanol–water partition coefficient (Wildman–Crippen LogP) is 4.87. The van der Waals surface area contributed by atoms with E-state index in [-0.39, 0.29) is 11.9 Å². The van der Waals surface area contributed by atoms with Crippen LogP contribution in [-0.2, 0) is 9.53 Å². The molecule has 1 amide bonds. The van der Waals surface area contributed by atoms with Crippen LogP contribution >= 0.6 is 22.6 Å². The van der Waals surface area contributed by atoms with Crippen molar-refractivity contribution in [3.05, 3.63) is 45.2 Å². The molecule has 1 aliphatic heterocycles. The van der Waals surface area contributed by atoms with E-state index >= 15 is 0 Å². The fraction of sp³-hybridized carbons (Fsp3) is 0.375. The predicted molar refractivity (Wildman–Crippen MR) is 128 cm³/mol. The quantitative estimate of drug-likeness (QED) is 0.360. The van der Waals surface area contributed by atoms with Crippen LogP contribution in [0.5, 0.6) is 0 Å². The number of anilines is 2. The van der Waals surface area contributed by atoms with Crippen molar-refractivity contribution in [1.82, 2.24) is 14.8 Å². The van der Waals surface area contributed by atoms with Crippen LogP contribution in [0.25, 0.3) is 11.0 Å². The third-order valence-corrected chi connectivity index (χ3v) is 6.94. The second kappa shape index (κ2) is 8.24. The van der Waals surface area contributed by atoms with Gasteiger partial charge in [-0.3, -0.25) is 14.4 Å². The van der Waals surface area contributed by atoms with Gasteiger partial charge >= 0.3 is 5.91 Å². The molecule has 2 aliphatic rings. The fourth-order valence-corrected chi connectivity index (χ4v) is 4.35. The molecule has 31 heavy (non-hydrogen) atoms. The molecule has 0 radical (unpaired) electrons. The lowest BCUT2D eigenvalue weighted by Gasteiger charge is -2.27. The summed E-state index contributed by atoms with van der Waals surface area (Å²) in [5.74, 6) is 6.54. The lowest BCUT2D eigenvalue weighted by molar-refractivity contribution is -0.112. The molecule has 5 rings (SSSR count). The Balaban J connectivity index is 1.64. The fourth-order valence-electron chi connectivity index (χ4n) is 3.86. The first-order chi connectivity index (χ1) is 15.1. The number of hydrogen-bond donors (Lipinski definition) is 0. The molecule has 3 heterocycles. The second-order valence-corrected chi connectivity index (χ2v) is 9.25. The number of hydrogen-bond acceptors (Lipinski definition) is 4. The largest absolute Gasteiger partial charge is 0.377 e. The maximum absolute atomic E-state index is 13.3. The number of benzene rings is 1. The number of carbonyl (C=O) groups is 1. The van der Waals surface area contributed by atoms with Crippen LogP contribution in [0.15, 0.2) is 30.5 Å². The molecular formula is C24H23IN4O2. The average Bonchev–Trinajstić information content (AvgIpc) is 3.49. The topological polar surface area (TPSA) is 60.2 Å². The van der Waals surface area contributed by atoms with Gasteiger partial charge in [-0.2, -0.15) is 5.10 Å². The van der Waals surface area contributed by atoms with Crippen molar-refractivity contribution < 1.29 is 9.53 Å². The Labute approximate surface area is 195 Å². The highest BCUT2D eigenvalue weighted by molar-refractivity contribution is 14.1. The van der Waals surface area contributed by atoms with E-state index < -0.39 is 0 Å². The normalized spacial score (nSPS) is 16.0. The minimum atomic E-state index is -0.254. The van der Waals surface area contributed by atoms with Crippen molar-refractivity contribution in [2.75, 3.05) is 18.1 Å². The van der Waals surface area contributed by atoms with Crippen LogP contribution in [0.1, 0.15) is 49.3 Å². The minimum Gasteiger partial charge on any atom is -0.377 e. The molecule has 2 fully saturated rings. The number of pyridine rings is 1. The molecule has 158 valence electrons. The Morgan fingerprint density at radius 1 is 1.32 bits per heavy atom. The van der Waals surface area contributed by atoms with Crippen molar-refractivity contribution in [3.8, 4) is 11.8 Å². The molecule has 1 aliphatic carbocycles. The molecule has 0 N–H and O–H groups in total. The van der Waals surface area contributed by atoms with E-state index in [4.69, 9.17) is 9.72 Å². The molecule has 1 saturated heterocycles. The van der Waals surface area contributed by atoms with E-state index in [2.05, 4.69) is 58.6 Å². The van der Waals surface area contributed by atoms with Crippen LogP contribution in [-0.4, -0.2) is 33.9 Å². The molecule has 0 spiro atoms. The van der Waals surface area contributed by atoms with Crippen LogP contribution in [0.3, 0.4) is 0 Å². The van der Waals surface area contributed by atoms with Gasteiger partial charge in [-0.25, -0.2) is 4.98 Å². The van der Waals surface area contributed by atoms with Gasteiger partial charge in [-0.1, -0.05) is 12.8 Å². The molecule has 6 nitrogen and oxygen atoms in total. The van der Waals surface area contributed by atoms with Crippen molar-refractivity contribution in [3.63, 3.8) is 0 Å². The summed E-state index contributed by atoms with van der Waals surface area (Å²) in [6.07, 6.45) is 4.69. The lowest BCUT2D eigenvalue weighted by atomic mass is 10.0. The van der Waals surface area contributed by atoms with E-state index in [0.29, 0.717) is 31.4 Å². The van der Waals surface area contributed by atoms with Gasteiger partial charge in [0.15, 0.2) is 0 Å². The van der Waals surface area contributed by atoms with E-state index in [1.54, 1.807) is 11.1 Å². The third-order valence-electron chi connectivity index (χ3n) is 5.78. The Kier molecular flexibility index (Phi) is 5.44. The van der Waals surface area contributed by atoms with Gasteiger partial charge in [-0.15, -0.1) is 0 Å². The van der Waals surface area contributed by atoms with Crippen LogP contribution in [0, 0.1) is 22.3 Å². The summed E-state index contributed by atoms with van der Waals surface area (Å²) in [7, 11) is 0. The Morgan fingerprint density at radius 3 is 2.81 bits per heavy atom.